The van der Waals surface area contributed by atoms with Crippen LogP contribution in [0.4, 0.5) is 0 Å². The number of aliphatic hydroxyl groups excluding tert-OH is 1. The summed E-state index contributed by atoms with van der Waals surface area (Å²) in [7, 11) is 1.32. The predicted octanol–water partition coefficient (Wildman–Crippen LogP) is 4.86. The second kappa shape index (κ2) is 9.00. The maximum atomic E-state index is 13.3. The van der Waals surface area contributed by atoms with Crippen LogP contribution >= 0.6 is 0 Å². The zero-order valence-corrected chi connectivity index (χ0v) is 18.3. The molecule has 0 saturated heterocycles. The highest BCUT2D eigenvalue weighted by molar-refractivity contribution is 6.01. The molecule has 0 bridgehead atoms. The smallest absolute Gasteiger partial charge is 0.337 e. The van der Waals surface area contributed by atoms with Crippen molar-refractivity contribution in [2.75, 3.05) is 7.11 Å². The fraction of sp³-hybridized carbons (Fsp3) is 0.440. The van der Waals surface area contributed by atoms with E-state index in [0.717, 1.165) is 23.3 Å². The summed E-state index contributed by atoms with van der Waals surface area (Å²) in [5.74, 6) is 0.000735. The van der Waals surface area contributed by atoms with Gasteiger partial charge in [0.25, 0.3) is 0 Å². The van der Waals surface area contributed by atoms with Crippen LogP contribution in [0.2, 0.25) is 0 Å². The molecule has 3 rings (SSSR count). The Morgan fingerprint density at radius 1 is 1.10 bits per heavy atom. The lowest BCUT2D eigenvalue weighted by Crippen LogP contribution is -2.28. The van der Waals surface area contributed by atoms with Crippen molar-refractivity contribution in [2.45, 2.75) is 58.7 Å². The highest BCUT2D eigenvalue weighted by Crippen LogP contribution is 2.39. The highest BCUT2D eigenvalue weighted by Gasteiger charge is 2.34. The van der Waals surface area contributed by atoms with Crippen LogP contribution < -0.4 is 4.74 Å². The maximum Gasteiger partial charge on any atom is 0.337 e. The topological polar surface area (TPSA) is 72.8 Å². The van der Waals surface area contributed by atoms with Crippen LogP contribution in [0.1, 0.15) is 83.5 Å². The Labute approximate surface area is 178 Å². The number of rotatable bonds is 6. The summed E-state index contributed by atoms with van der Waals surface area (Å²) in [5.41, 5.74) is 3.78. The third kappa shape index (κ3) is 4.41. The summed E-state index contributed by atoms with van der Waals surface area (Å²) in [6.07, 6.45) is 0.379. The Kier molecular flexibility index (Phi) is 6.61. The Balaban J connectivity index is 1.89. The van der Waals surface area contributed by atoms with E-state index in [-0.39, 0.29) is 17.8 Å². The van der Waals surface area contributed by atoms with Crippen molar-refractivity contribution >= 4 is 11.8 Å². The Morgan fingerprint density at radius 2 is 1.77 bits per heavy atom. The number of fused-ring (bicyclic) bond motifs is 1. The molecule has 5 heteroatoms. The first-order valence-corrected chi connectivity index (χ1v) is 10.5. The van der Waals surface area contributed by atoms with Crippen molar-refractivity contribution < 1.29 is 24.2 Å². The zero-order chi connectivity index (χ0) is 22.0. The number of Topliss-reactive ketones (excluding diaryl/α,β-unsaturated/α-hetero) is 1. The van der Waals surface area contributed by atoms with E-state index in [4.69, 9.17) is 9.47 Å². The van der Waals surface area contributed by atoms with Crippen molar-refractivity contribution in [1.29, 1.82) is 0 Å². The number of aliphatic hydroxyl groups is 1. The molecule has 5 nitrogen and oxygen atoms in total. The van der Waals surface area contributed by atoms with E-state index >= 15 is 0 Å². The van der Waals surface area contributed by atoms with Crippen LogP contribution in [-0.2, 0) is 11.2 Å². The van der Waals surface area contributed by atoms with Gasteiger partial charge in [0.05, 0.1) is 30.8 Å². The van der Waals surface area contributed by atoms with Crippen molar-refractivity contribution in [1.82, 2.24) is 0 Å². The van der Waals surface area contributed by atoms with E-state index in [1.807, 2.05) is 19.9 Å². The Bertz CT molecular complexity index is 927. The molecule has 1 N–H and O–H groups in total. The minimum Gasteiger partial charge on any atom is -0.491 e. The number of hydrogen-bond acceptors (Lipinski definition) is 5. The van der Waals surface area contributed by atoms with Crippen LogP contribution in [0.5, 0.6) is 5.75 Å². The van der Waals surface area contributed by atoms with Crippen molar-refractivity contribution in [3.63, 3.8) is 0 Å². The average molecular weight is 411 g/mol. The van der Waals surface area contributed by atoms with E-state index in [9.17, 15) is 14.7 Å². The van der Waals surface area contributed by atoms with Crippen molar-refractivity contribution in [3.8, 4) is 5.75 Å². The van der Waals surface area contributed by atoms with E-state index < -0.39 is 18.0 Å². The molecule has 0 saturated carbocycles. The molecule has 2 unspecified atom stereocenters. The molecule has 0 amide bonds. The number of esters is 1. The molecule has 0 spiro atoms. The first-order valence-electron chi connectivity index (χ1n) is 10.5. The van der Waals surface area contributed by atoms with Gasteiger partial charge in [-0.25, -0.2) is 4.79 Å². The van der Waals surface area contributed by atoms with E-state index in [1.165, 1.54) is 7.11 Å². The van der Waals surface area contributed by atoms with Gasteiger partial charge in [0, 0.05) is 5.56 Å². The first-order chi connectivity index (χ1) is 14.2. The zero-order valence-electron chi connectivity index (χ0n) is 18.3. The number of methoxy groups -OCH3 is 1. The van der Waals surface area contributed by atoms with Gasteiger partial charge < -0.3 is 14.6 Å². The van der Waals surface area contributed by atoms with E-state index in [0.29, 0.717) is 23.1 Å². The maximum absolute atomic E-state index is 13.3. The minimum absolute atomic E-state index is 0.00829. The molecule has 30 heavy (non-hydrogen) atoms. The van der Waals surface area contributed by atoms with Gasteiger partial charge in [0.2, 0.25) is 0 Å². The first kappa shape index (κ1) is 22.0. The second-order valence-electron chi connectivity index (χ2n) is 8.44. The van der Waals surface area contributed by atoms with Gasteiger partial charge in [-0.1, -0.05) is 32.0 Å². The van der Waals surface area contributed by atoms with Gasteiger partial charge in [-0.3, -0.25) is 4.79 Å². The van der Waals surface area contributed by atoms with Crippen molar-refractivity contribution in [3.05, 3.63) is 64.2 Å². The normalized spacial score (nSPS) is 17.1. The fourth-order valence-corrected chi connectivity index (χ4v) is 4.00. The number of ether oxygens (including phenoxy) is 2. The van der Waals surface area contributed by atoms with Gasteiger partial charge in [-0.15, -0.1) is 0 Å². The predicted molar refractivity (Wildman–Crippen MR) is 115 cm³/mol. The summed E-state index contributed by atoms with van der Waals surface area (Å²) in [5, 5.41) is 10.9. The highest BCUT2D eigenvalue weighted by atomic mass is 16.5. The van der Waals surface area contributed by atoms with Crippen LogP contribution in [0.15, 0.2) is 36.4 Å². The second-order valence-corrected chi connectivity index (χ2v) is 8.44. The molecule has 2 aromatic carbocycles. The SMILES string of the molecule is COC(=O)c1ccc(C(O)C2CCc3cc(C(C)C)c(OC(C)C)cc3C2=O)cc1. The molecule has 0 radical (unpaired) electrons. The lowest BCUT2D eigenvalue weighted by atomic mass is 9.77. The molecule has 0 aliphatic heterocycles. The summed E-state index contributed by atoms with van der Waals surface area (Å²) < 4.78 is 10.7. The third-order valence-corrected chi connectivity index (χ3v) is 5.60. The van der Waals surface area contributed by atoms with Crippen LogP contribution in [0.25, 0.3) is 0 Å². The minimum atomic E-state index is -0.934. The largest absolute Gasteiger partial charge is 0.491 e. The fourth-order valence-electron chi connectivity index (χ4n) is 4.00. The number of carbonyl (C=O) groups is 2. The molecule has 0 heterocycles. The van der Waals surface area contributed by atoms with Gasteiger partial charge in [-0.05, 0) is 67.5 Å². The lowest BCUT2D eigenvalue weighted by molar-refractivity contribution is 0.0594. The number of hydrogen-bond donors (Lipinski definition) is 1. The molecule has 0 fully saturated rings. The monoisotopic (exact) mass is 410 g/mol. The average Bonchev–Trinajstić information content (AvgIpc) is 2.72. The number of ketones is 1. The molecular formula is C25H30O5. The molecule has 0 aromatic heterocycles. The molecular weight excluding hydrogens is 380 g/mol. The third-order valence-electron chi connectivity index (χ3n) is 5.60. The Hall–Kier alpha value is -2.66. The summed E-state index contributed by atoms with van der Waals surface area (Å²) in [4.78, 5) is 24.9. The van der Waals surface area contributed by atoms with E-state index in [1.54, 1.807) is 24.3 Å². The van der Waals surface area contributed by atoms with Crippen molar-refractivity contribution in [2.24, 2.45) is 5.92 Å². The number of aryl methyl sites for hydroxylation is 1. The molecule has 1 aliphatic rings. The summed E-state index contributed by atoms with van der Waals surface area (Å²) in [6, 6.07) is 10.5. The standard InChI is InChI=1S/C25H30O5/c1-14(2)20-12-18-10-11-19(24(27)21(18)13-22(20)30-15(3)4)23(26)16-6-8-17(9-7-16)25(28)29-5/h6-9,12-15,19,23,26H,10-11H2,1-5H3. The van der Waals surface area contributed by atoms with Gasteiger partial charge in [-0.2, -0.15) is 0 Å². The molecule has 2 aromatic rings. The van der Waals surface area contributed by atoms with Crippen LogP contribution in [0.3, 0.4) is 0 Å². The number of carbonyl (C=O) groups excluding carboxylic acids is 2. The quantitative estimate of drug-likeness (QED) is 0.689. The molecule has 160 valence electrons. The van der Waals surface area contributed by atoms with E-state index in [2.05, 4.69) is 19.9 Å². The van der Waals surface area contributed by atoms with Crippen LogP contribution in [0, 0.1) is 5.92 Å². The summed E-state index contributed by atoms with van der Waals surface area (Å²) in [6.45, 7) is 8.17. The lowest BCUT2D eigenvalue weighted by Gasteiger charge is -2.29. The van der Waals surface area contributed by atoms with Gasteiger partial charge in [0.15, 0.2) is 5.78 Å². The number of benzene rings is 2. The summed E-state index contributed by atoms with van der Waals surface area (Å²) >= 11 is 0. The van der Waals surface area contributed by atoms with Gasteiger partial charge in [0.1, 0.15) is 5.75 Å². The van der Waals surface area contributed by atoms with Gasteiger partial charge >= 0.3 is 5.97 Å². The molecule has 2 atom stereocenters. The van der Waals surface area contributed by atoms with Crippen LogP contribution in [-0.4, -0.2) is 30.1 Å². The molecule has 1 aliphatic carbocycles. The Morgan fingerprint density at radius 3 is 2.33 bits per heavy atom.